The van der Waals surface area contributed by atoms with Crippen molar-refractivity contribution in [1.82, 2.24) is 5.32 Å². The summed E-state index contributed by atoms with van der Waals surface area (Å²) >= 11 is 0. The Balaban J connectivity index is 1.75. The average molecular weight is 221 g/mol. The molecule has 1 N–H and O–H groups in total. The number of nitrogens with one attached hydrogen (secondary N) is 1. The van der Waals surface area contributed by atoms with Crippen LogP contribution in [0.2, 0.25) is 0 Å². The smallest absolute Gasteiger partial charge is 0.0947 e. The first-order valence-electron chi connectivity index (χ1n) is 6.42. The maximum absolute atomic E-state index is 5.06. The van der Waals surface area contributed by atoms with Gasteiger partial charge >= 0.3 is 0 Å². The monoisotopic (exact) mass is 221 g/mol. The molecular weight excluding hydrogens is 198 g/mol. The van der Waals surface area contributed by atoms with Crippen LogP contribution in [0.25, 0.3) is 0 Å². The molecule has 2 nitrogen and oxygen atoms in total. The Bertz CT molecular complexity index is 299. The lowest BCUT2D eigenvalue weighted by Crippen LogP contribution is -2.40. The van der Waals surface area contributed by atoms with Gasteiger partial charge in [0.1, 0.15) is 0 Å². The van der Waals surface area contributed by atoms with Gasteiger partial charge in [-0.05, 0) is 36.7 Å². The van der Waals surface area contributed by atoms with Crippen LogP contribution in [-0.2, 0) is 6.54 Å². The molecule has 1 aromatic heterocycles. The van der Waals surface area contributed by atoms with E-state index in [2.05, 4.69) is 19.2 Å². The van der Waals surface area contributed by atoms with Crippen LogP contribution in [0.3, 0.4) is 0 Å². The second kappa shape index (κ2) is 5.05. The first-order chi connectivity index (χ1) is 7.70. The number of rotatable bonds is 6. The van der Waals surface area contributed by atoms with Gasteiger partial charge in [-0.3, -0.25) is 0 Å². The van der Waals surface area contributed by atoms with Gasteiger partial charge in [-0.1, -0.05) is 20.3 Å². The van der Waals surface area contributed by atoms with E-state index >= 15 is 0 Å². The molecule has 1 heterocycles. The van der Waals surface area contributed by atoms with Crippen LogP contribution in [0.1, 0.15) is 45.1 Å². The summed E-state index contributed by atoms with van der Waals surface area (Å²) in [6, 6.07) is 2.03. The van der Waals surface area contributed by atoms with Crippen molar-refractivity contribution in [2.75, 3.05) is 6.54 Å². The lowest BCUT2D eigenvalue weighted by molar-refractivity contribution is 0.0979. The second-order valence-electron chi connectivity index (χ2n) is 5.69. The van der Waals surface area contributed by atoms with Crippen LogP contribution >= 0.6 is 0 Å². The van der Waals surface area contributed by atoms with E-state index in [0.717, 1.165) is 19.0 Å². The third-order valence-electron chi connectivity index (χ3n) is 3.66. The van der Waals surface area contributed by atoms with Gasteiger partial charge in [-0.2, -0.15) is 0 Å². The van der Waals surface area contributed by atoms with Gasteiger partial charge in [0, 0.05) is 18.7 Å². The summed E-state index contributed by atoms with van der Waals surface area (Å²) < 4.78 is 5.06. The molecule has 1 aromatic rings. The molecule has 0 amide bonds. The quantitative estimate of drug-likeness (QED) is 0.794. The zero-order valence-corrected chi connectivity index (χ0v) is 10.5. The lowest BCUT2D eigenvalue weighted by Gasteiger charge is -2.43. The van der Waals surface area contributed by atoms with E-state index in [-0.39, 0.29) is 0 Å². The SMILES string of the molecule is CC(C)CC1(CNCc2ccoc2)CCC1. The summed E-state index contributed by atoms with van der Waals surface area (Å²) in [5, 5.41) is 3.58. The molecule has 0 atom stereocenters. The normalized spacial score (nSPS) is 18.7. The number of furan rings is 1. The first-order valence-corrected chi connectivity index (χ1v) is 6.42. The zero-order chi connectivity index (χ0) is 11.4. The van der Waals surface area contributed by atoms with E-state index in [0.29, 0.717) is 5.41 Å². The molecule has 1 aliphatic carbocycles. The highest BCUT2D eigenvalue weighted by molar-refractivity contribution is 5.04. The van der Waals surface area contributed by atoms with Crippen molar-refractivity contribution in [2.45, 2.75) is 46.1 Å². The van der Waals surface area contributed by atoms with Crippen molar-refractivity contribution in [2.24, 2.45) is 11.3 Å². The molecule has 0 aliphatic heterocycles. The van der Waals surface area contributed by atoms with Crippen molar-refractivity contribution < 1.29 is 4.42 Å². The van der Waals surface area contributed by atoms with Crippen LogP contribution in [0.15, 0.2) is 23.0 Å². The van der Waals surface area contributed by atoms with E-state index in [1.165, 1.54) is 31.2 Å². The molecule has 0 spiro atoms. The van der Waals surface area contributed by atoms with Crippen LogP contribution in [0.4, 0.5) is 0 Å². The Morgan fingerprint density at radius 3 is 2.75 bits per heavy atom. The highest BCUT2D eigenvalue weighted by Gasteiger charge is 2.36. The van der Waals surface area contributed by atoms with Gasteiger partial charge in [-0.15, -0.1) is 0 Å². The lowest BCUT2D eigenvalue weighted by atomic mass is 9.64. The van der Waals surface area contributed by atoms with Crippen molar-refractivity contribution in [3.63, 3.8) is 0 Å². The minimum atomic E-state index is 0.595. The standard InChI is InChI=1S/C14H23NO/c1-12(2)8-14(5-3-6-14)11-15-9-13-4-7-16-10-13/h4,7,10,12,15H,3,5-6,8-9,11H2,1-2H3. The van der Waals surface area contributed by atoms with Crippen molar-refractivity contribution >= 4 is 0 Å². The Labute approximate surface area is 98.4 Å². The summed E-state index contributed by atoms with van der Waals surface area (Å²) in [5.41, 5.74) is 1.84. The predicted octanol–water partition coefficient (Wildman–Crippen LogP) is 3.59. The highest BCUT2D eigenvalue weighted by atomic mass is 16.3. The van der Waals surface area contributed by atoms with Crippen LogP contribution in [0.5, 0.6) is 0 Å². The molecule has 2 rings (SSSR count). The van der Waals surface area contributed by atoms with Crippen molar-refractivity contribution in [3.05, 3.63) is 24.2 Å². The van der Waals surface area contributed by atoms with Gasteiger partial charge < -0.3 is 9.73 Å². The van der Waals surface area contributed by atoms with Gasteiger partial charge in [0.15, 0.2) is 0 Å². The first kappa shape index (κ1) is 11.7. The molecule has 0 saturated heterocycles. The van der Waals surface area contributed by atoms with Gasteiger partial charge in [0.25, 0.3) is 0 Å². The maximum atomic E-state index is 5.06. The molecule has 0 radical (unpaired) electrons. The Morgan fingerprint density at radius 1 is 1.44 bits per heavy atom. The molecular formula is C14H23NO. The third kappa shape index (κ3) is 2.88. The highest BCUT2D eigenvalue weighted by Crippen LogP contribution is 2.45. The van der Waals surface area contributed by atoms with Gasteiger partial charge in [0.05, 0.1) is 12.5 Å². The molecule has 2 heteroatoms. The Hall–Kier alpha value is -0.760. The third-order valence-corrected chi connectivity index (χ3v) is 3.66. The topological polar surface area (TPSA) is 25.2 Å². The Kier molecular flexibility index (Phi) is 3.70. The van der Waals surface area contributed by atoms with E-state index in [9.17, 15) is 0 Å². The zero-order valence-electron chi connectivity index (χ0n) is 10.5. The summed E-state index contributed by atoms with van der Waals surface area (Å²) in [5.74, 6) is 0.816. The van der Waals surface area contributed by atoms with Crippen molar-refractivity contribution in [1.29, 1.82) is 0 Å². The second-order valence-corrected chi connectivity index (χ2v) is 5.69. The fraction of sp³-hybridized carbons (Fsp3) is 0.714. The molecule has 0 unspecified atom stereocenters. The fourth-order valence-corrected chi connectivity index (χ4v) is 2.86. The molecule has 0 bridgehead atoms. The Morgan fingerprint density at radius 2 is 2.25 bits per heavy atom. The number of hydrogen-bond donors (Lipinski definition) is 1. The minimum Gasteiger partial charge on any atom is -0.472 e. The predicted molar refractivity (Wildman–Crippen MR) is 66.2 cm³/mol. The minimum absolute atomic E-state index is 0.595. The van der Waals surface area contributed by atoms with Crippen LogP contribution in [-0.4, -0.2) is 6.54 Å². The van der Waals surface area contributed by atoms with Gasteiger partial charge in [-0.25, -0.2) is 0 Å². The van der Waals surface area contributed by atoms with E-state index < -0.39 is 0 Å². The van der Waals surface area contributed by atoms with Gasteiger partial charge in [0.2, 0.25) is 0 Å². The summed E-state index contributed by atoms with van der Waals surface area (Å²) in [7, 11) is 0. The molecule has 90 valence electrons. The summed E-state index contributed by atoms with van der Waals surface area (Å²) in [6.45, 7) is 6.76. The van der Waals surface area contributed by atoms with Crippen LogP contribution in [0, 0.1) is 11.3 Å². The molecule has 16 heavy (non-hydrogen) atoms. The van der Waals surface area contributed by atoms with E-state index in [4.69, 9.17) is 4.42 Å². The molecule has 0 aromatic carbocycles. The average Bonchev–Trinajstić information content (AvgIpc) is 2.66. The fourth-order valence-electron chi connectivity index (χ4n) is 2.86. The molecule has 1 fully saturated rings. The molecule has 1 saturated carbocycles. The summed E-state index contributed by atoms with van der Waals surface area (Å²) in [6.07, 6.45) is 9.16. The van der Waals surface area contributed by atoms with E-state index in [1.54, 1.807) is 6.26 Å². The van der Waals surface area contributed by atoms with Crippen LogP contribution < -0.4 is 5.32 Å². The number of hydrogen-bond acceptors (Lipinski definition) is 2. The largest absolute Gasteiger partial charge is 0.472 e. The summed E-state index contributed by atoms with van der Waals surface area (Å²) in [4.78, 5) is 0. The molecule has 1 aliphatic rings. The van der Waals surface area contributed by atoms with E-state index in [1.807, 2.05) is 12.3 Å². The van der Waals surface area contributed by atoms with Crippen molar-refractivity contribution in [3.8, 4) is 0 Å². The maximum Gasteiger partial charge on any atom is 0.0947 e.